The number of hydrogen-bond acceptors (Lipinski definition) is 4. The van der Waals surface area contributed by atoms with Crippen molar-refractivity contribution in [1.29, 1.82) is 0 Å². The Labute approximate surface area is 198 Å². The Kier molecular flexibility index (Phi) is 7.58. The van der Waals surface area contributed by atoms with Gasteiger partial charge in [0.1, 0.15) is 5.75 Å². The lowest BCUT2D eigenvalue weighted by atomic mass is 9.69. The van der Waals surface area contributed by atoms with Gasteiger partial charge in [0, 0.05) is 24.0 Å². The van der Waals surface area contributed by atoms with Gasteiger partial charge in [0.25, 0.3) is 0 Å². The van der Waals surface area contributed by atoms with Crippen LogP contribution in [0.5, 0.6) is 5.75 Å². The summed E-state index contributed by atoms with van der Waals surface area (Å²) in [5.74, 6) is 0.943. The van der Waals surface area contributed by atoms with Crippen LogP contribution in [0.2, 0.25) is 0 Å². The number of carboxylic acid groups (broad SMARTS) is 1. The summed E-state index contributed by atoms with van der Waals surface area (Å²) in [5, 5.41) is 10.3. The molecule has 0 atom stereocenters. The van der Waals surface area contributed by atoms with E-state index in [0.717, 1.165) is 80.0 Å². The fraction of sp³-hybridized carbons (Fsp3) is 0.643. The monoisotopic (exact) mass is 452 g/mol. The van der Waals surface area contributed by atoms with Crippen molar-refractivity contribution in [3.8, 4) is 5.75 Å². The highest BCUT2D eigenvalue weighted by Gasteiger charge is 2.32. The number of aromatic nitrogens is 1. The van der Waals surface area contributed by atoms with Crippen LogP contribution in [0.1, 0.15) is 71.4 Å². The number of hydrogen-bond donors (Lipinski definition) is 1. The van der Waals surface area contributed by atoms with Crippen LogP contribution in [0.15, 0.2) is 30.3 Å². The third kappa shape index (κ3) is 6.06. The van der Waals surface area contributed by atoms with Gasteiger partial charge in [0.05, 0.1) is 17.5 Å². The SMILES string of the molecule is CCC(C)(C)C1CCC(Oc2ccc3nc(CCN4CCC(C(=O)O)CC4)ccc3c2)CC1. The normalized spacial score (nSPS) is 23.0. The van der Waals surface area contributed by atoms with Crippen LogP contribution >= 0.6 is 0 Å². The zero-order chi connectivity index (χ0) is 23.4. The molecule has 0 bridgehead atoms. The summed E-state index contributed by atoms with van der Waals surface area (Å²) in [7, 11) is 0. The zero-order valence-corrected chi connectivity index (χ0v) is 20.6. The topological polar surface area (TPSA) is 62.7 Å². The summed E-state index contributed by atoms with van der Waals surface area (Å²) in [6.07, 6.45) is 8.78. The van der Waals surface area contributed by atoms with Crippen LogP contribution in [-0.2, 0) is 11.2 Å². The molecule has 5 heteroatoms. The van der Waals surface area contributed by atoms with Crippen LogP contribution in [0, 0.1) is 17.3 Å². The Bertz CT molecular complexity index is 941. The molecule has 4 rings (SSSR count). The van der Waals surface area contributed by atoms with Crippen molar-refractivity contribution in [2.24, 2.45) is 17.3 Å². The van der Waals surface area contributed by atoms with Gasteiger partial charge >= 0.3 is 5.97 Å². The number of fused-ring (bicyclic) bond motifs is 1. The second-order valence-corrected chi connectivity index (χ2v) is 10.8. The van der Waals surface area contributed by atoms with Crippen LogP contribution in [0.25, 0.3) is 10.9 Å². The molecule has 2 aromatic rings. The lowest BCUT2D eigenvalue weighted by Gasteiger charge is -2.38. The van der Waals surface area contributed by atoms with Gasteiger partial charge in [-0.1, -0.05) is 33.3 Å². The second-order valence-electron chi connectivity index (χ2n) is 10.8. The molecule has 1 N–H and O–H groups in total. The molecule has 2 fully saturated rings. The minimum atomic E-state index is -0.651. The first-order valence-corrected chi connectivity index (χ1v) is 12.9. The van der Waals surface area contributed by atoms with Crippen molar-refractivity contribution in [3.63, 3.8) is 0 Å². The molecule has 1 aliphatic carbocycles. The van der Waals surface area contributed by atoms with Gasteiger partial charge in [0.2, 0.25) is 0 Å². The lowest BCUT2D eigenvalue weighted by Crippen LogP contribution is -2.37. The number of likely N-dealkylation sites (tertiary alicyclic amines) is 1. The number of carbonyl (C=O) groups is 1. The van der Waals surface area contributed by atoms with Crippen LogP contribution < -0.4 is 4.74 Å². The summed E-state index contributed by atoms with van der Waals surface area (Å²) in [6, 6.07) is 10.6. The van der Waals surface area contributed by atoms with Crippen molar-refractivity contribution >= 4 is 16.9 Å². The molecular formula is C28H40N2O3. The molecule has 0 radical (unpaired) electrons. The summed E-state index contributed by atoms with van der Waals surface area (Å²) in [5.41, 5.74) is 2.54. The molecule has 2 aliphatic rings. The molecule has 1 saturated carbocycles. The lowest BCUT2D eigenvalue weighted by molar-refractivity contribution is -0.143. The average Bonchev–Trinajstić information content (AvgIpc) is 2.83. The second kappa shape index (κ2) is 10.4. The number of nitrogens with zero attached hydrogens (tertiary/aromatic N) is 2. The molecule has 5 nitrogen and oxygen atoms in total. The van der Waals surface area contributed by atoms with E-state index in [2.05, 4.69) is 56.0 Å². The Morgan fingerprint density at radius 1 is 1.09 bits per heavy atom. The van der Waals surface area contributed by atoms with Crippen molar-refractivity contribution in [3.05, 3.63) is 36.0 Å². The molecular weight excluding hydrogens is 412 g/mol. The first kappa shape index (κ1) is 24.0. The summed E-state index contributed by atoms with van der Waals surface area (Å²) < 4.78 is 6.36. The molecule has 2 heterocycles. The largest absolute Gasteiger partial charge is 0.490 e. The van der Waals surface area contributed by atoms with E-state index in [4.69, 9.17) is 14.8 Å². The predicted molar refractivity (Wildman–Crippen MR) is 133 cm³/mol. The summed E-state index contributed by atoms with van der Waals surface area (Å²) in [4.78, 5) is 18.3. The summed E-state index contributed by atoms with van der Waals surface area (Å²) >= 11 is 0. The molecule has 0 spiro atoms. The van der Waals surface area contributed by atoms with Gasteiger partial charge in [-0.05, 0) is 87.2 Å². The third-order valence-corrected chi connectivity index (χ3v) is 8.33. The standard InChI is InChI=1S/C28H40N2O3/c1-4-28(2,3)22-6-9-24(10-7-22)33-25-11-12-26-21(19-25)5-8-23(29-26)15-18-30-16-13-20(14-17-30)27(31)32/h5,8,11-12,19-20,22,24H,4,6-7,9-10,13-18H2,1-3H3,(H,31,32). The molecule has 1 aromatic heterocycles. The van der Waals surface area contributed by atoms with Gasteiger partial charge in [-0.2, -0.15) is 0 Å². The molecule has 33 heavy (non-hydrogen) atoms. The van der Waals surface area contributed by atoms with E-state index in [1.54, 1.807) is 0 Å². The van der Waals surface area contributed by atoms with Crippen molar-refractivity contribution in [2.75, 3.05) is 19.6 Å². The Balaban J connectivity index is 1.29. The van der Waals surface area contributed by atoms with Gasteiger partial charge in [0.15, 0.2) is 0 Å². The number of ether oxygens (including phenoxy) is 1. The Morgan fingerprint density at radius 3 is 2.48 bits per heavy atom. The average molecular weight is 453 g/mol. The fourth-order valence-electron chi connectivity index (χ4n) is 5.48. The van der Waals surface area contributed by atoms with E-state index in [9.17, 15) is 4.79 Å². The number of piperidine rings is 1. The van der Waals surface area contributed by atoms with Gasteiger partial charge in [-0.15, -0.1) is 0 Å². The van der Waals surface area contributed by atoms with Gasteiger partial charge in [-0.25, -0.2) is 0 Å². The van der Waals surface area contributed by atoms with Crippen molar-refractivity contribution in [2.45, 2.75) is 78.2 Å². The maximum absolute atomic E-state index is 11.1. The maximum Gasteiger partial charge on any atom is 0.306 e. The molecule has 180 valence electrons. The van der Waals surface area contributed by atoms with Gasteiger partial charge in [-0.3, -0.25) is 9.78 Å². The molecule has 1 aliphatic heterocycles. The molecule has 0 unspecified atom stereocenters. The summed E-state index contributed by atoms with van der Waals surface area (Å²) in [6.45, 7) is 9.78. The molecule has 0 amide bonds. The Hall–Kier alpha value is -2.14. The number of aliphatic carboxylic acids is 1. The number of benzene rings is 1. The van der Waals surface area contributed by atoms with Crippen molar-refractivity contribution in [1.82, 2.24) is 9.88 Å². The number of rotatable bonds is 8. The first-order valence-electron chi connectivity index (χ1n) is 12.9. The zero-order valence-electron chi connectivity index (χ0n) is 20.6. The highest BCUT2D eigenvalue weighted by Crippen LogP contribution is 2.41. The minimum absolute atomic E-state index is 0.172. The van der Waals surface area contributed by atoms with Crippen molar-refractivity contribution < 1.29 is 14.6 Å². The van der Waals surface area contributed by atoms with E-state index in [0.29, 0.717) is 11.5 Å². The smallest absolute Gasteiger partial charge is 0.306 e. The van der Waals surface area contributed by atoms with E-state index in [-0.39, 0.29) is 5.92 Å². The highest BCUT2D eigenvalue weighted by atomic mass is 16.5. The fourth-order valence-corrected chi connectivity index (χ4v) is 5.48. The number of carboxylic acids is 1. The Morgan fingerprint density at radius 2 is 1.82 bits per heavy atom. The minimum Gasteiger partial charge on any atom is -0.490 e. The van der Waals surface area contributed by atoms with E-state index >= 15 is 0 Å². The third-order valence-electron chi connectivity index (χ3n) is 8.33. The van der Waals surface area contributed by atoms with Crippen LogP contribution in [-0.4, -0.2) is 46.7 Å². The number of pyridine rings is 1. The maximum atomic E-state index is 11.1. The predicted octanol–water partition coefficient (Wildman–Crippen LogP) is 5.95. The van der Waals surface area contributed by atoms with E-state index < -0.39 is 5.97 Å². The van der Waals surface area contributed by atoms with E-state index in [1.165, 1.54) is 19.3 Å². The van der Waals surface area contributed by atoms with Crippen LogP contribution in [0.4, 0.5) is 0 Å². The molecule has 1 aromatic carbocycles. The highest BCUT2D eigenvalue weighted by molar-refractivity contribution is 5.80. The first-order chi connectivity index (χ1) is 15.8. The van der Waals surface area contributed by atoms with Gasteiger partial charge < -0.3 is 14.7 Å². The van der Waals surface area contributed by atoms with E-state index in [1.807, 2.05) is 0 Å². The van der Waals surface area contributed by atoms with Crippen LogP contribution in [0.3, 0.4) is 0 Å². The quantitative estimate of drug-likeness (QED) is 0.536. The molecule has 1 saturated heterocycles.